The van der Waals surface area contributed by atoms with Crippen molar-refractivity contribution < 1.29 is 9.47 Å². The Bertz CT molecular complexity index is 372. The highest BCUT2D eigenvalue weighted by Gasteiger charge is 2.16. The molecular formula is C13H17NO2. The van der Waals surface area contributed by atoms with Crippen LogP contribution in [0.15, 0.2) is 18.2 Å². The maximum atomic E-state index is 5.39. The summed E-state index contributed by atoms with van der Waals surface area (Å²) in [6.07, 6.45) is 5.05. The zero-order valence-electron chi connectivity index (χ0n) is 9.37. The van der Waals surface area contributed by atoms with E-state index in [0.29, 0.717) is 12.8 Å². The third-order valence-electron chi connectivity index (χ3n) is 3.33. The van der Waals surface area contributed by atoms with Gasteiger partial charge in [0.1, 0.15) is 0 Å². The normalized spacial score (nSPS) is 23.4. The Labute approximate surface area is 95.8 Å². The average molecular weight is 219 g/mol. The zero-order valence-corrected chi connectivity index (χ0v) is 9.37. The summed E-state index contributed by atoms with van der Waals surface area (Å²) in [7, 11) is 0. The summed E-state index contributed by atoms with van der Waals surface area (Å²) in [5, 5.41) is 3.56. The zero-order chi connectivity index (χ0) is 10.8. The van der Waals surface area contributed by atoms with Crippen molar-refractivity contribution in [3.63, 3.8) is 0 Å². The molecule has 0 amide bonds. The number of nitrogens with one attached hydrogen (secondary N) is 1. The maximum Gasteiger partial charge on any atom is 0.231 e. The van der Waals surface area contributed by atoms with Crippen molar-refractivity contribution in [1.82, 2.24) is 5.32 Å². The largest absolute Gasteiger partial charge is 0.454 e. The van der Waals surface area contributed by atoms with Crippen LogP contribution in [0.3, 0.4) is 0 Å². The van der Waals surface area contributed by atoms with Crippen LogP contribution in [-0.2, 0) is 6.42 Å². The molecule has 0 bridgehead atoms. The van der Waals surface area contributed by atoms with Gasteiger partial charge in [0.05, 0.1) is 0 Å². The van der Waals surface area contributed by atoms with Gasteiger partial charge in [-0.1, -0.05) is 12.5 Å². The highest BCUT2D eigenvalue weighted by molar-refractivity contribution is 5.44. The van der Waals surface area contributed by atoms with Crippen LogP contribution in [0.25, 0.3) is 0 Å². The first-order valence-corrected chi connectivity index (χ1v) is 6.04. The quantitative estimate of drug-likeness (QED) is 0.826. The highest BCUT2D eigenvalue weighted by atomic mass is 16.7. The summed E-state index contributed by atoms with van der Waals surface area (Å²) in [4.78, 5) is 0. The van der Waals surface area contributed by atoms with Crippen LogP contribution >= 0.6 is 0 Å². The molecule has 2 aliphatic heterocycles. The molecule has 0 aliphatic carbocycles. The van der Waals surface area contributed by atoms with Gasteiger partial charge in [0.15, 0.2) is 11.5 Å². The molecule has 1 aromatic carbocycles. The standard InChI is InChI=1S/C13H17NO2/c1-2-6-14-11(3-1)7-10-4-5-12-13(8-10)16-9-15-12/h4-5,8,11,14H,1-3,6-7,9H2. The molecule has 2 aliphatic rings. The molecule has 0 radical (unpaired) electrons. The van der Waals surface area contributed by atoms with Crippen molar-refractivity contribution >= 4 is 0 Å². The SMILES string of the molecule is c1cc2c(cc1CC1CCCCN1)OCO2. The smallest absolute Gasteiger partial charge is 0.231 e. The fourth-order valence-electron chi connectivity index (χ4n) is 2.45. The summed E-state index contributed by atoms with van der Waals surface area (Å²) in [6.45, 7) is 1.52. The third-order valence-corrected chi connectivity index (χ3v) is 3.33. The van der Waals surface area contributed by atoms with E-state index in [1.54, 1.807) is 0 Å². The first-order chi connectivity index (χ1) is 7.92. The van der Waals surface area contributed by atoms with E-state index < -0.39 is 0 Å². The van der Waals surface area contributed by atoms with Gasteiger partial charge >= 0.3 is 0 Å². The molecule has 3 heteroatoms. The Morgan fingerprint density at radius 2 is 2.12 bits per heavy atom. The molecule has 0 spiro atoms. The number of fused-ring (bicyclic) bond motifs is 1. The third kappa shape index (κ3) is 2.00. The summed E-state index contributed by atoms with van der Waals surface area (Å²) in [6, 6.07) is 6.90. The molecule has 1 fully saturated rings. The van der Waals surface area contributed by atoms with Gasteiger partial charge in [0, 0.05) is 6.04 Å². The minimum Gasteiger partial charge on any atom is -0.454 e. The number of ether oxygens (including phenoxy) is 2. The van der Waals surface area contributed by atoms with Gasteiger partial charge < -0.3 is 14.8 Å². The molecular weight excluding hydrogens is 202 g/mol. The molecule has 0 saturated carbocycles. The van der Waals surface area contributed by atoms with Crippen LogP contribution in [0.1, 0.15) is 24.8 Å². The second kappa shape index (κ2) is 4.34. The van der Waals surface area contributed by atoms with Crippen molar-refractivity contribution in [2.24, 2.45) is 0 Å². The van der Waals surface area contributed by atoms with Gasteiger partial charge in [-0.15, -0.1) is 0 Å². The number of piperidine rings is 1. The minimum absolute atomic E-state index is 0.362. The van der Waals surface area contributed by atoms with E-state index in [1.807, 2.05) is 6.07 Å². The number of hydrogen-bond acceptors (Lipinski definition) is 3. The van der Waals surface area contributed by atoms with Crippen LogP contribution in [0.5, 0.6) is 11.5 Å². The molecule has 1 N–H and O–H groups in total. The van der Waals surface area contributed by atoms with E-state index in [2.05, 4.69) is 17.4 Å². The highest BCUT2D eigenvalue weighted by Crippen LogP contribution is 2.33. The second-order valence-corrected chi connectivity index (χ2v) is 4.54. The lowest BCUT2D eigenvalue weighted by Gasteiger charge is -2.23. The van der Waals surface area contributed by atoms with E-state index >= 15 is 0 Å². The second-order valence-electron chi connectivity index (χ2n) is 4.54. The summed E-state index contributed by atoms with van der Waals surface area (Å²) < 4.78 is 10.7. The van der Waals surface area contributed by atoms with Crippen molar-refractivity contribution in [2.45, 2.75) is 31.7 Å². The molecule has 0 aromatic heterocycles. The lowest BCUT2D eigenvalue weighted by Crippen LogP contribution is -2.35. The van der Waals surface area contributed by atoms with E-state index in [4.69, 9.17) is 9.47 Å². The van der Waals surface area contributed by atoms with Crippen LogP contribution in [0.2, 0.25) is 0 Å². The monoisotopic (exact) mass is 219 g/mol. The lowest BCUT2D eigenvalue weighted by atomic mass is 9.98. The molecule has 1 saturated heterocycles. The van der Waals surface area contributed by atoms with Gasteiger partial charge in [-0.25, -0.2) is 0 Å². The Morgan fingerprint density at radius 1 is 1.19 bits per heavy atom. The molecule has 1 unspecified atom stereocenters. The first kappa shape index (κ1) is 9.97. The fraction of sp³-hybridized carbons (Fsp3) is 0.538. The van der Waals surface area contributed by atoms with Gasteiger partial charge in [-0.3, -0.25) is 0 Å². The molecule has 16 heavy (non-hydrogen) atoms. The van der Waals surface area contributed by atoms with Crippen molar-refractivity contribution in [3.05, 3.63) is 23.8 Å². The van der Waals surface area contributed by atoms with Crippen molar-refractivity contribution in [2.75, 3.05) is 13.3 Å². The Balaban J connectivity index is 1.69. The molecule has 1 atom stereocenters. The molecule has 3 nitrogen and oxygen atoms in total. The topological polar surface area (TPSA) is 30.5 Å². The maximum absolute atomic E-state index is 5.39. The summed E-state index contributed by atoms with van der Waals surface area (Å²) >= 11 is 0. The Morgan fingerprint density at radius 3 is 3.00 bits per heavy atom. The van der Waals surface area contributed by atoms with E-state index in [1.165, 1.54) is 24.8 Å². The van der Waals surface area contributed by atoms with Gasteiger partial charge in [-0.05, 0) is 43.5 Å². The predicted octanol–water partition coefficient (Wildman–Crippen LogP) is 2.10. The van der Waals surface area contributed by atoms with Crippen molar-refractivity contribution in [3.8, 4) is 11.5 Å². The molecule has 2 heterocycles. The molecule has 1 aromatic rings. The van der Waals surface area contributed by atoms with Crippen LogP contribution in [0.4, 0.5) is 0 Å². The van der Waals surface area contributed by atoms with E-state index in [-0.39, 0.29) is 0 Å². The number of hydrogen-bond donors (Lipinski definition) is 1. The van der Waals surface area contributed by atoms with Crippen LogP contribution in [0, 0.1) is 0 Å². The first-order valence-electron chi connectivity index (χ1n) is 6.04. The Kier molecular flexibility index (Phi) is 2.70. The van der Waals surface area contributed by atoms with E-state index in [9.17, 15) is 0 Å². The fourth-order valence-corrected chi connectivity index (χ4v) is 2.45. The summed E-state index contributed by atoms with van der Waals surface area (Å²) in [5.74, 6) is 1.77. The molecule has 86 valence electrons. The lowest BCUT2D eigenvalue weighted by molar-refractivity contribution is 0.174. The van der Waals surface area contributed by atoms with Crippen LogP contribution in [-0.4, -0.2) is 19.4 Å². The van der Waals surface area contributed by atoms with Gasteiger partial charge in [0.25, 0.3) is 0 Å². The van der Waals surface area contributed by atoms with Crippen molar-refractivity contribution in [1.29, 1.82) is 0 Å². The Hall–Kier alpha value is -1.22. The predicted molar refractivity (Wildman–Crippen MR) is 61.9 cm³/mol. The number of benzene rings is 1. The molecule has 3 rings (SSSR count). The number of rotatable bonds is 2. The van der Waals surface area contributed by atoms with Crippen LogP contribution < -0.4 is 14.8 Å². The van der Waals surface area contributed by atoms with Gasteiger partial charge in [0.2, 0.25) is 6.79 Å². The minimum atomic E-state index is 0.362. The van der Waals surface area contributed by atoms with E-state index in [0.717, 1.165) is 24.5 Å². The summed E-state index contributed by atoms with van der Waals surface area (Å²) in [5.41, 5.74) is 1.34. The average Bonchev–Trinajstić information content (AvgIpc) is 2.77. The van der Waals surface area contributed by atoms with Gasteiger partial charge in [-0.2, -0.15) is 0 Å².